The maximum Gasteiger partial charge on any atom is 0.415 e. The number of aliphatic hydroxyl groups is 1. The van der Waals surface area contributed by atoms with E-state index >= 15 is 0 Å². The van der Waals surface area contributed by atoms with Gasteiger partial charge in [0.15, 0.2) is 0 Å². The first-order valence-corrected chi connectivity index (χ1v) is 6.53. The van der Waals surface area contributed by atoms with Gasteiger partial charge in [0.25, 0.3) is 0 Å². The van der Waals surface area contributed by atoms with Crippen LogP contribution in [-0.4, -0.2) is 36.6 Å². The third-order valence-electron chi connectivity index (χ3n) is 3.24. The van der Waals surface area contributed by atoms with Crippen molar-refractivity contribution in [2.75, 3.05) is 18.1 Å². The first kappa shape index (κ1) is 11.8. The van der Waals surface area contributed by atoms with Gasteiger partial charge in [0.1, 0.15) is 11.9 Å². The number of ether oxygens (including phenoxy) is 2. The van der Waals surface area contributed by atoms with E-state index in [2.05, 4.69) is 15.9 Å². The molecule has 2 aliphatic heterocycles. The summed E-state index contributed by atoms with van der Waals surface area (Å²) >= 11 is 3.37. The van der Waals surface area contributed by atoms with E-state index in [4.69, 9.17) is 9.47 Å². The molecule has 1 amide bonds. The van der Waals surface area contributed by atoms with Crippen molar-refractivity contribution in [2.24, 2.45) is 0 Å². The summed E-state index contributed by atoms with van der Waals surface area (Å²) in [5, 5.41) is 9.25. The molecule has 0 bridgehead atoms. The Morgan fingerprint density at radius 3 is 3.11 bits per heavy atom. The Morgan fingerprint density at radius 1 is 1.50 bits per heavy atom. The predicted octanol–water partition coefficient (Wildman–Crippen LogP) is 1.92. The minimum Gasteiger partial charge on any atom is -0.491 e. The van der Waals surface area contributed by atoms with Crippen molar-refractivity contribution < 1.29 is 19.4 Å². The number of rotatable bonds is 1. The van der Waals surface area contributed by atoms with Crippen molar-refractivity contribution in [3.05, 3.63) is 22.7 Å². The lowest BCUT2D eigenvalue weighted by molar-refractivity contribution is 0.0793. The van der Waals surface area contributed by atoms with E-state index in [1.807, 2.05) is 18.2 Å². The van der Waals surface area contributed by atoms with Crippen LogP contribution in [0.4, 0.5) is 10.5 Å². The van der Waals surface area contributed by atoms with E-state index in [0.717, 1.165) is 4.47 Å². The zero-order valence-corrected chi connectivity index (χ0v) is 11.1. The zero-order valence-electron chi connectivity index (χ0n) is 9.51. The van der Waals surface area contributed by atoms with Crippen molar-refractivity contribution in [3.63, 3.8) is 0 Å². The number of fused-ring (bicyclic) bond motifs is 3. The third kappa shape index (κ3) is 1.76. The molecule has 0 aromatic heterocycles. The molecule has 96 valence electrons. The molecule has 0 radical (unpaired) electrons. The first-order chi connectivity index (χ1) is 8.70. The number of cyclic esters (lactones) is 1. The Kier molecular flexibility index (Phi) is 2.91. The molecule has 18 heavy (non-hydrogen) atoms. The Balaban J connectivity index is 2.06. The summed E-state index contributed by atoms with van der Waals surface area (Å²) in [5.74, 6) is 0.655. The second-order valence-corrected chi connectivity index (χ2v) is 5.21. The lowest BCUT2D eigenvalue weighted by Crippen LogP contribution is -2.37. The fraction of sp³-hybridized carbons (Fsp3) is 0.417. The van der Waals surface area contributed by atoms with Crippen LogP contribution in [0.2, 0.25) is 0 Å². The molecule has 1 fully saturated rings. The molecule has 1 N–H and O–H groups in total. The highest BCUT2D eigenvalue weighted by Crippen LogP contribution is 2.39. The number of hydrogen-bond donors (Lipinski definition) is 1. The van der Waals surface area contributed by atoms with Crippen LogP contribution in [0.25, 0.3) is 0 Å². The van der Waals surface area contributed by atoms with E-state index in [-0.39, 0.29) is 12.6 Å². The van der Waals surface area contributed by atoms with Crippen LogP contribution in [0.3, 0.4) is 0 Å². The summed E-state index contributed by atoms with van der Waals surface area (Å²) in [5.41, 5.74) is 0.696. The minimum atomic E-state index is -0.476. The summed E-state index contributed by atoms with van der Waals surface area (Å²) in [6, 6.07) is 5.34. The average molecular weight is 314 g/mol. The van der Waals surface area contributed by atoms with Crippen LogP contribution in [-0.2, 0) is 4.74 Å². The van der Waals surface area contributed by atoms with Crippen molar-refractivity contribution in [1.82, 2.24) is 0 Å². The van der Waals surface area contributed by atoms with E-state index in [9.17, 15) is 9.90 Å². The highest BCUT2D eigenvalue weighted by atomic mass is 79.9. The third-order valence-corrected chi connectivity index (χ3v) is 3.74. The molecule has 0 saturated carbocycles. The Labute approximate surface area is 112 Å². The van der Waals surface area contributed by atoms with E-state index in [1.165, 1.54) is 0 Å². The zero-order chi connectivity index (χ0) is 12.7. The van der Waals surface area contributed by atoms with Gasteiger partial charge in [-0.05, 0) is 18.2 Å². The van der Waals surface area contributed by atoms with Crippen molar-refractivity contribution in [2.45, 2.75) is 18.6 Å². The largest absolute Gasteiger partial charge is 0.491 e. The molecule has 1 aromatic carbocycles. The molecule has 1 saturated heterocycles. The molecular weight excluding hydrogens is 302 g/mol. The van der Waals surface area contributed by atoms with Gasteiger partial charge in [-0.3, -0.25) is 4.90 Å². The Morgan fingerprint density at radius 2 is 2.33 bits per heavy atom. The number of benzene rings is 1. The molecule has 6 heteroatoms. The van der Waals surface area contributed by atoms with Gasteiger partial charge in [-0.15, -0.1) is 0 Å². The van der Waals surface area contributed by atoms with Crippen LogP contribution in [0, 0.1) is 0 Å². The van der Waals surface area contributed by atoms with Crippen molar-refractivity contribution >= 4 is 27.7 Å². The van der Waals surface area contributed by atoms with Gasteiger partial charge in [0.2, 0.25) is 0 Å². The van der Waals surface area contributed by atoms with Crippen LogP contribution in [0.1, 0.15) is 6.42 Å². The molecule has 1 aromatic rings. The fourth-order valence-electron chi connectivity index (χ4n) is 2.41. The number of carbonyl (C=O) groups excluding carboxylic acids is 1. The highest BCUT2D eigenvalue weighted by molar-refractivity contribution is 9.10. The summed E-state index contributed by atoms with van der Waals surface area (Å²) in [6.45, 7) is 0.330. The summed E-state index contributed by atoms with van der Waals surface area (Å²) in [6.07, 6.45) is -0.257. The van der Waals surface area contributed by atoms with Gasteiger partial charge in [0.05, 0.1) is 24.9 Å². The SMILES string of the molecule is O=C1O[C@@H](CO)[C@@H]2CCOc3cc(Br)ccc3N12. The van der Waals surface area contributed by atoms with Crippen LogP contribution < -0.4 is 9.64 Å². The molecule has 0 aliphatic carbocycles. The van der Waals surface area contributed by atoms with Crippen molar-refractivity contribution in [1.29, 1.82) is 0 Å². The maximum absolute atomic E-state index is 11.9. The number of carbonyl (C=O) groups is 1. The van der Waals surface area contributed by atoms with Crippen LogP contribution in [0.15, 0.2) is 22.7 Å². The highest BCUT2D eigenvalue weighted by Gasteiger charge is 2.44. The van der Waals surface area contributed by atoms with Crippen LogP contribution in [0.5, 0.6) is 5.75 Å². The number of halogens is 1. The van der Waals surface area contributed by atoms with Gasteiger partial charge in [-0.25, -0.2) is 4.79 Å². The standard InChI is InChI=1S/C12H12BrNO4/c13-7-1-2-8-10(5-7)17-4-3-9-11(6-15)18-12(16)14(8)9/h1-2,5,9,11,15H,3-4,6H2/t9-,11-/m0/s1. The normalized spacial score (nSPS) is 25.9. The summed E-state index contributed by atoms with van der Waals surface area (Å²) < 4.78 is 11.7. The molecule has 0 unspecified atom stereocenters. The fourth-order valence-corrected chi connectivity index (χ4v) is 2.75. The number of anilines is 1. The summed E-state index contributed by atoms with van der Waals surface area (Å²) in [4.78, 5) is 13.5. The molecule has 2 aliphatic rings. The molecule has 2 heterocycles. The number of nitrogens with zero attached hydrogens (tertiary/aromatic N) is 1. The van der Waals surface area contributed by atoms with Crippen molar-refractivity contribution in [3.8, 4) is 5.75 Å². The Hall–Kier alpha value is -1.27. The van der Waals surface area contributed by atoms with Gasteiger partial charge >= 0.3 is 6.09 Å². The molecule has 3 rings (SSSR count). The predicted molar refractivity (Wildman–Crippen MR) is 67.9 cm³/mol. The smallest absolute Gasteiger partial charge is 0.415 e. The van der Waals surface area contributed by atoms with E-state index in [1.54, 1.807) is 4.90 Å². The lowest BCUT2D eigenvalue weighted by Gasteiger charge is -2.21. The summed E-state index contributed by atoms with van der Waals surface area (Å²) in [7, 11) is 0. The average Bonchev–Trinajstić information content (AvgIpc) is 2.56. The Bertz CT molecular complexity index is 493. The number of hydrogen-bond acceptors (Lipinski definition) is 4. The van der Waals surface area contributed by atoms with E-state index < -0.39 is 12.2 Å². The van der Waals surface area contributed by atoms with Gasteiger partial charge in [0, 0.05) is 10.9 Å². The van der Waals surface area contributed by atoms with Crippen LogP contribution >= 0.6 is 15.9 Å². The molecule has 5 nitrogen and oxygen atoms in total. The monoisotopic (exact) mass is 313 g/mol. The maximum atomic E-state index is 11.9. The second-order valence-electron chi connectivity index (χ2n) is 4.29. The number of amides is 1. The van der Waals surface area contributed by atoms with Gasteiger partial charge < -0.3 is 14.6 Å². The lowest BCUT2D eigenvalue weighted by atomic mass is 10.1. The minimum absolute atomic E-state index is 0.162. The van der Waals surface area contributed by atoms with Gasteiger partial charge in [-0.1, -0.05) is 15.9 Å². The molecule has 0 spiro atoms. The topological polar surface area (TPSA) is 59.0 Å². The number of aliphatic hydroxyl groups excluding tert-OH is 1. The first-order valence-electron chi connectivity index (χ1n) is 5.74. The van der Waals surface area contributed by atoms with Gasteiger partial charge in [-0.2, -0.15) is 0 Å². The second kappa shape index (κ2) is 4.44. The quantitative estimate of drug-likeness (QED) is 0.860. The molecule has 2 atom stereocenters. The van der Waals surface area contributed by atoms with E-state index in [0.29, 0.717) is 24.5 Å². The molecular formula is C12H12BrNO4.